The van der Waals surface area contributed by atoms with E-state index >= 15 is 0 Å². The minimum absolute atomic E-state index is 0.0427. The number of aryl methyl sites for hydroxylation is 2. The summed E-state index contributed by atoms with van der Waals surface area (Å²) in [5.41, 5.74) is 3.93. The molecule has 104 valence electrons. The number of hydrogen-bond acceptors (Lipinski definition) is 1. The maximum absolute atomic E-state index is 12.5. The first-order valence-corrected chi connectivity index (χ1v) is 6.92. The van der Waals surface area contributed by atoms with Gasteiger partial charge in [0.2, 0.25) is 0 Å². The standard InChI is InChI=1S/C17H18ClNO/c1-12-4-5-13(2)16(10-12)17(20)19(3)11-14-6-8-15(18)9-7-14/h4-10H,11H2,1-3H3. The summed E-state index contributed by atoms with van der Waals surface area (Å²) in [6.45, 7) is 4.53. The third kappa shape index (κ3) is 3.40. The van der Waals surface area contributed by atoms with E-state index < -0.39 is 0 Å². The van der Waals surface area contributed by atoms with Gasteiger partial charge in [0.1, 0.15) is 0 Å². The van der Waals surface area contributed by atoms with Crippen LogP contribution in [0.1, 0.15) is 27.0 Å². The lowest BCUT2D eigenvalue weighted by Crippen LogP contribution is -2.26. The zero-order valence-electron chi connectivity index (χ0n) is 12.0. The summed E-state index contributed by atoms with van der Waals surface area (Å²) in [4.78, 5) is 14.2. The molecule has 2 aromatic carbocycles. The number of rotatable bonds is 3. The fourth-order valence-corrected chi connectivity index (χ4v) is 2.23. The third-order valence-corrected chi connectivity index (χ3v) is 3.56. The Hall–Kier alpha value is -1.80. The van der Waals surface area contributed by atoms with Crippen LogP contribution >= 0.6 is 11.6 Å². The third-order valence-electron chi connectivity index (χ3n) is 3.30. The van der Waals surface area contributed by atoms with Gasteiger partial charge in [0.15, 0.2) is 0 Å². The van der Waals surface area contributed by atoms with Gasteiger partial charge in [-0.05, 0) is 43.2 Å². The van der Waals surface area contributed by atoms with E-state index in [-0.39, 0.29) is 5.91 Å². The zero-order chi connectivity index (χ0) is 14.7. The highest BCUT2D eigenvalue weighted by atomic mass is 35.5. The van der Waals surface area contributed by atoms with Crippen LogP contribution in [0.25, 0.3) is 0 Å². The summed E-state index contributed by atoms with van der Waals surface area (Å²) in [5, 5.41) is 0.706. The molecule has 0 spiro atoms. The topological polar surface area (TPSA) is 20.3 Å². The van der Waals surface area contributed by atoms with Crippen molar-refractivity contribution in [3.05, 3.63) is 69.7 Å². The summed E-state index contributed by atoms with van der Waals surface area (Å²) in [6.07, 6.45) is 0. The number of benzene rings is 2. The van der Waals surface area contributed by atoms with Gasteiger partial charge in [-0.1, -0.05) is 41.4 Å². The SMILES string of the molecule is Cc1ccc(C)c(C(=O)N(C)Cc2ccc(Cl)cc2)c1. The fourth-order valence-electron chi connectivity index (χ4n) is 2.11. The van der Waals surface area contributed by atoms with Crippen molar-refractivity contribution >= 4 is 17.5 Å². The zero-order valence-corrected chi connectivity index (χ0v) is 12.7. The van der Waals surface area contributed by atoms with Crippen molar-refractivity contribution in [1.29, 1.82) is 0 Å². The Bertz CT molecular complexity index is 619. The molecule has 3 heteroatoms. The molecule has 20 heavy (non-hydrogen) atoms. The first kappa shape index (κ1) is 14.6. The molecule has 0 aromatic heterocycles. The molecule has 0 bridgehead atoms. The Morgan fingerprint density at radius 3 is 2.40 bits per heavy atom. The second-order valence-electron chi connectivity index (χ2n) is 5.11. The van der Waals surface area contributed by atoms with E-state index in [4.69, 9.17) is 11.6 Å². The first-order valence-electron chi connectivity index (χ1n) is 6.54. The van der Waals surface area contributed by atoms with E-state index in [0.29, 0.717) is 11.6 Å². The normalized spacial score (nSPS) is 10.4. The van der Waals surface area contributed by atoms with E-state index in [1.807, 2.05) is 63.4 Å². The van der Waals surface area contributed by atoms with Gasteiger partial charge in [0, 0.05) is 24.2 Å². The predicted octanol–water partition coefficient (Wildman–Crippen LogP) is 4.23. The Labute approximate surface area is 125 Å². The highest BCUT2D eigenvalue weighted by Crippen LogP contribution is 2.15. The quantitative estimate of drug-likeness (QED) is 0.827. The molecule has 0 fully saturated rings. The Morgan fingerprint density at radius 2 is 1.75 bits per heavy atom. The second-order valence-corrected chi connectivity index (χ2v) is 5.54. The van der Waals surface area contributed by atoms with Crippen LogP contribution in [0.3, 0.4) is 0 Å². The Kier molecular flexibility index (Phi) is 4.46. The summed E-state index contributed by atoms with van der Waals surface area (Å²) in [7, 11) is 1.82. The van der Waals surface area contributed by atoms with E-state index in [2.05, 4.69) is 0 Å². The fraction of sp³-hybridized carbons (Fsp3) is 0.235. The van der Waals surface area contributed by atoms with Crippen molar-refractivity contribution in [3.63, 3.8) is 0 Å². The van der Waals surface area contributed by atoms with Gasteiger partial charge in [-0.15, -0.1) is 0 Å². The van der Waals surface area contributed by atoms with E-state index in [1.54, 1.807) is 4.90 Å². The number of carbonyl (C=O) groups is 1. The number of nitrogens with zero attached hydrogens (tertiary/aromatic N) is 1. The Morgan fingerprint density at radius 1 is 1.10 bits per heavy atom. The van der Waals surface area contributed by atoms with Crippen molar-refractivity contribution in [1.82, 2.24) is 4.90 Å². The molecule has 0 aliphatic rings. The highest BCUT2D eigenvalue weighted by molar-refractivity contribution is 6.30. The van der Waals surface area contributed by atoms with Gasteiger partial charge >= 0.3 is 0 Å². The van der Waals surface area contributed by atoms with Crippen LogP contribution in [0.4, 0.5) is 0 Å². The van der Waals surface area contributed by atoms with E-state index in [9.17, 15) is 4.79 Å². The molecular formula is C17H18ClNO. The number of amides is 1. The van der Waals surface area contributed by atoms with Crippen molar-refractivity contribution < 1.29 is 4.79 Å². The largest absolute Gasteiger partial charge is 0.337 e. The van der Waals surface area contributed by atoms with Gasteiger partial charge in [-0.3, -0.25) is 4.79 Å². The molecule has 0 saturated carbocycles. The van der Waals surface area contributed by atoms with Crippen LogP contribution in [0.5, 0.6) is 0 Å². The van der Waals surface area contributed by atoms with Gasteiger partial charge in [0.25, 0.3) is 5.91 Å². The minimum atomic E-state index is 0.0427. The van der Waals surface area contributed by atoms with Crippen LogP contribution in [-0.4, -0.2) is 17.9 Å². The average molecular weight is 288 g/mol. The molecule has 0 aliphatic carbocycles. The molecule has 0 aliphatic heterocycles. The van der Waals surface area contributed by atoms with Crippen LogP contribution in [-0.2, 0) is 6.54 Å². The lowest BCUT2D eigenvalue weighted by Gasteiger charge is -2.19. The molecule has 2 aromatic rings. The molecule has 0 N–H and O–H groups in total. The number of hydrogen-bond donors (Lipinski definition) is 0. The van der Waals surface area contributed by atoms with Crippen LogP contribution in [0.15, 0.2) is 42.5 Å². The summed E-state index contributed by atoms with van der Waals surface area (Å²) < 4.78 is 0. The van der Waals surface area contributed by atoms with E-state index in [1.165, 1.54) is 0 Å². The minimum Gasteiger partial charge on any atom is -0.337 e. The number of carbonyl (C=O) groups excluding carboxylic acids is 1. The van der Waals surface area contributed by atoms with Crippen LogP contribution in [0.2, 0.25) is 5.02 Å². The molecule has 0 heterocycles. The molecular weight excluding hydrogens is 270 g/mol. The monoisotopic (exact) mass is 287 g/mol. The summed E-state index contributed by atoms with van der Waals surface area (Å²) in [6, 6.07) is 13.5. The van der Waals surface area contributed by atoms with Crippen molar-refractivity contribution in [3.8, 4) is 0 Å². The summed E-state index contributed by atoms with van der Waals surface area (Å²) >= 11 is 5.86. The van der Waals surface area contributed by atoms with Crippen LogP contribution in [0, 0.1) is 13.8 Å². The molecule has 0 unspecified atom stereocenters. The van der Waals surface area contributed by atoms with Crippen LogP contribution < -0.4 is 0 Å². The molecule has 2 nitrogen and oxygen atoms in total. The second kappa shape index (κ2) is 6.10. The molecule has 0 atom stereocenters. The molecule has 1 amide bonds. The average Bonchev–Trinajstić information content (AvgIpc) is 2.43. The first-order chi connectivity index (χ1) is 9.47. The molecule has 2 rings (SSSR count). The van der Waals surface area contributed by atoms with Crippen molar-refractivity contribution in [2.24, 2.45) is 0 Å². The van der Waals surface area contributed by atoms with E-state index in [0.717, 1.165) is 22.3 Å². The van der Waals surface area contributed by atoms with Gasteiger partial charge < -0.3 is 4.90 Å². The molecule has 0 radical (unpaired) electrons. The molecule has 0 saturated heterocycles. The number of halogens is 1. The van der Waals surface area contributed by atoms with Gasteiger partial charge in [0.05, 0.1) is 0 Å². The smallest absolute Gasteiger partial charge is 0.254 e. The lowest BCUT2D eigenvalue weighted by atomic mass is 10.0. The lowest BCUT2D eigenvalue weighted by molar-refractivity contribution is 0.0784. The summed E-state index contributed by atoms with van der Waals surface area (Å²) in [5.74, 6) is 0.0427. The predicted molar refractivity (Wildman–Crippen MR) is 83.2 cm³/mol. The maximum Gasteiger partial charge on any atom is 0.254 e. The van der Waals surface area contributed by atoms with Gasteiger partial charge in [-0.2, -0.15) is 0 Å². The maximum atomic E-state index is 12.5. The van der Waals surface area contributed by atoms with Crippen molar-refractivity contribution in [2.75, 3.05) is 7.05 Å². The highest BCUT2D eigenvalue weighted by Gasteiger charge is 2.14. The van der Waals surface area contributed by atoms with Crippen molar-refractivity contribution in [2.45, 2.75) is 20.4 Å². The Balaban J connectivity index is 2.16. The van der Waals surface area contributed by atoms with Gasteiger partial charge in [-0.25, -0.2) is 0 Å².